The molecule has 0 aromatic heterocycles. The molecule has 0 saturated carbocycles. The third-order valence-electron chi connectivity index (χ3n) is 3.25. The normalized spacial score (nSPS) is 23.1. The standard InChI is InChI=1S/C12H17F3O7S/c1-3-20-9(16)11(10(17)21-4-2)5-8(6-12(13,14)15)23(18,19)22-7-11/h8H,3-7H2,1-2H3. The highest BCUT2D eigenvalue weighted by Gasteiger charge is 2.58. The Kier molecular flexibility index (Phi) is 6.02. The van der Waals surface area contributed by atoms with Crippen molar-refractivity contribution in [3.63, 3.8) is 0 Å². The molecule has 1 heterocycles. The van der Waals surface area contributed by atoms with E-state index in [4.69, 9.17) is 9.47 Å². The van der Waals surface area contributed by atoms with Gasteiger partial charge in [0.15, 0.2) is 5.41 Å². The summed E-state index contributed by atoms with van der Waals surface area (Å²) >= 11 is 0. The number of alkyl halides is 3. The van der Waals surface area contributed by atoms with Crippen LogP contribution in [0.1, 0.15) is 26.7 Å². The minimum Gasteiger partial charge on any atom is -0.465 e. The Balaban J connectivity index is 3.21. The molecule has 1 aliphatic heterocycles. The number of hydrogen-bond acceptors (Lipinski definition) is 7. The van der Waals surface area contributed by atoms with E-state index >= 15 is 0 Å². The largest absolute Gasteiger partial charge is 0.465 e. The summed E-state index contributed by atoms with van der Waals surface area (Å²) in [5.74, 6) is -2.33. The van der Waals surface area contributed by atoms with Crippen LogP contribution in [0, 0.1) is 5.41 Å². The molecule has 1 atom stereocenters. The SMILES string of the molecule is CCOC(=O)C1(C(=O)OCC)COS(=O)(=O)C(CC(F)(F)F)C1. The first-order chi connectivity index (χ1) is 10.5. The van der Waals surface area contributed by atoms with E-state index in [0.717, 1.165) is 0 Å². The van der Waals surface area contributed by atoms with E-state index in [2.05, 4.69) is 4.18 Å². The van der Waals surface area contributed by atoms with Crippen LogP contribution in [0.25, 0.3) is 0 Å². The molecule has 1 saturated heterocycles. The number of carbonyl (C=O) groups excluding carboxylic acids is 2. The second-order valence-corrected chi connectivity index (χ2v) is 6.81. The van der Waals surface area contributed by atoms with Crippen LogP contribution in [-0.2, 0) is 33.4 Å². The van der Waals surface area contributed by atoms with Gasteiger partial charge in [0.05, 0.1) is 31.5 Å². The van der Waals surface area contributed by atoms with Gasteiger partial charge in [-0.25, -0.2) is 0 Å². The van der Waals surface area contributed by atoms with Crippen LogP contribution in [0.15, 0.2) is 0 Å². The predicted octanol–water partition coefficient (Wildman–Crippen LogP) is 1.17. The monoisotopic (exact) mass is 362 g/mol. The molecule has 11 heteroatoms. The molecule has 0 bridgehead atoms. The van der Waals surface area contributed by atoms with Crippen molar-refractivity contribution in [1.29, 1.82) is 0 Å². The van der Waals surface area contributed by atoms with Crippen LogP contribution in [0.2, 0.25) is 0 Å². The van der Waals surface area contributed by atoms with Crippen molar-refractivity contribution in [3.8, 4) is 0 Å². The minimum absolute atomic E-state index is 0.142. The fourth-order valence-corrected chi connectivity index (χ4v) is 3.61. The topological polar surface area (TPSA) is 96.0 Å². The summed E-state index contributed by atoms with van der Waals surface area (Å²) in [7, 11) is -4.56. The molecule has 134 valence electrons. The van der Waals surface area contributed by atoms with Crippen LogP contribution >= 0.6 is 0 Å². The summed E-state index contributed by atoms with van der Waals surface area (Å²) in [6.45, 7) is 1.64. The molecule has 0 aliphatic carbocycles. The molecule has 23 heavy (non-hydrogen) atoms. The smallest absolute Gasteiger partial charge is 0.390 e. The second-order valence-electron chi connectivity index (χ2n) is 4.92. The second kappa shape index (κ2) is 7.04. The van der Waals surface area contributed by atoms with Gasteiger partial charge >= 0.3 is 18.1 Å². The van der Waals surface area contributed by atoms with Gasteiger partial charge in [-0.15, -0.1) is 0 Å². The average molecular weight is 362 g/mol. The zero-order chi connectivity index (χ0) is 17.9. The molecular formula is C12H17F3O7S. The van der Waals surface area contributed by atoms with E-state index in [0.29, 0.717) is 0 Å². The summed E-state index contributed by atoms with van der Waals surface area (Å²) in [5.41, 5.74) is -2.23. The summed E-state index contributed by atoms with van der Waals surface area (Å²) < 4.78 is 75.0. The zero-order valence-corrected chi connectivity index (χ0v) is 13.3. The maximum Gasteiger partial charge on any atom is 0.390 e. The van der Waals surface area contributed by atoms with Crippen LogP contribution < -0.4 is 0 Å². The Bertz CT molecular complexity index is 537. The Morgan fingerprint density at radius 3 is 2.04 bits per heavy atom. The molecule has 0 spiro atoms. The zero-order valence-electron chi connectivity index (χ0n) is 12.5. The van der Waals surface area contributed by atoms with Crippen LogP contribution in [0.5, 0.6) is 0 Å². The van der Waals surface area contributed by atoms with E-state index in [1.54, 1.807) is 0 Å². The van der Waals surface area contributed by atoms with Gasteiger partial charge in [-0.2, -0.15) is 21.6 Å². The van der Waals surface area contributed by atoms with Gasteiger partial charge in [0, 0.05) is 0 Å². The highest BCUT2D eigenvalue weighted by atomic mass is 32.2. The first-order valence-electron chi connectivity index (χ1n) is 6.78. The molecule has 7 nitrogen and oxygen atoms in total. The van der Waals surface area contributed by atoms with Gasteiger partial charge in [0.1, 0.15) is 0 Å². The van der Waals surface area contributed by atoms with Crippen molar-refractivity contribution < 1.29 is 44.8 Å². The highest BCUT2D eigenvalue weighted by molar-refractivity contribution is 7.87. The Morgan fingerprint density at radius 2 is 1.65 bits per heavy atom. The molecule has 1 unspecified atom stereocenters. The number of rotatable bonds is 5. The molecular weight excluding hydrogens is 345 g/mol. The molecule has 0 amide bonds. The lowest BCUT2D eigenvalue weighted by Crippen LogP contribution is -2.53. The molecule has 0 aromatic rings. The van der Waals surface area contributed by atoms with Crippen LogP contribution in [0.4, 0.5) is 13.2 Å². The van der Waals surface area contributed by atoms with E-state index in [-0.39, 0.29) is 13.2 Å². The van der Waals surface area contributed by atoms with Crippen LogP contribution in [0.3, 0.4) is 0 Å². The third-order valence-corrected chi connectivity index (χ3v) is 4.84. The van der Waals surface area contributed by atoms with Crippen molar-refractivity contribution in [2.24, 2.45) is 5.41 Å². The van der Waals surface area contributed by atoms with Gasteiger partial charge in [-0.3, -0.25) is 13.8 Å². The quantitative estimate of drug-likeness (QED) is 0.411. The summed E-state index contributed by atoms with van der Waals surface area (Å²) in [6, 6.07) is 0. The lowest BCUT2D eigenvalue weighted by molar-refractivity contribution is -0.178. The molecule has 1 fully saturated rings. The average Bonchev–Trinajstić information content (AvgIpc) is 2.40. The van der Waals surface area contributed by atoms with Crippen LogP contribution in [-0.4, -0.2) is 51.6 Å². The maximum atomic E-state index is 12.6. The number of ether oxygens (including phenoxy) is 2. The van der Waals surface area contributed by atoms with E-state index in [1.807, 2.05) is 0 Å². The van der Waals surface area contributed by atoms with Crippen molar-refractivity contribution in [2.45, 2.75) is 38.1 Å². The Morgan fingerprint density at radius 1 is 1.17 bits per heavy atom. The van der Waals surface area contributed by atoms with Gasteiger partial charge < -0.3 is 9.47 Å². The summed E-state index contributed by atoms with van der Waals surface area (Å²) in [4.78, 5) is 24.2. The lowest BCUT2D eigenvalue weighted by atomic mass is 9.83. The molecule has 0 aromatic carbocycles. The van der Waals surface area contributed by atoms with E-state index < -0.39 is 58.3 Å². The third kappa shape index (κ3) is 4.56. The van der Waals surface area contributed by atoms with Crippen molar-refractivity contribution in [3.05, 3.63) is 0 Å². The number of hydrogen-bond donors (Lipinski definition) is 0. The van der Waals surface area contributed by atoms with Crippen molar-refractivity contribution in [2.75, 3.05) is 19.8 Å². The first-order valence-corrected chi connectivity index (χ1v) is 8.25. The Hall–Kier alpha value is -1.36. The fourth-order valence-electron chi connectivity index (χ4n) is 2.17. The van der Waals surface area contributed by atoms with Gasteiger partial charge in [0.2, 0.25) is 0 Å². The van der Waals surface area contributed by atoms with Gasteiger partial charge in [-0.05, 0) is 20.3 Å². The van der Waals surface area contributed by atoms with E-state index in [9.17, 15) is 31.2 Å². The number of halogens is 3. The Labute approximate surface area is 131 Å². The predicted molar refractivity (Wildman–Crippen MR) is 69.6 cm³/mol. The lowest BCUT2D eigenvalue weighted by Gasteiger charge is -2.36. The van der Waals surface area contributed by atoms with Gasteiger partial charge in [0.25, 0.3) is 10.1 Å². The fraction of sp³-hybridized carbons (Fsp3) is 0.833. The summed E-state index contributed by atoms with van der Waals surface area (Å²) in [6.07, 6.45) is -7.46. The minimum atomic E-state index is -4.81. The molecule has 0 N–H and O–H groups in total. The number of carbonyl (C=O) groups is 2. The molecule has 1 rings (SSSR count). The first kappa shape index (κ1) is 19.7. The maximum absolute atomic E-state index is 12.6. The van der Waals surface area contributed by atoms with Gasteiger partial charge in [-0.1, -0.05) is 0 Å². The van der Waals surface area contributed by atoms with Crippen molar-refractivity contribution >= 4 is 22.1 Å². The van der Waals surface area contributed by atoms with Crippen molar-refractivity contribution in [1.82, 2.24) is 0 Å². The highest BCUT2D eigenvalue weighted by Crippen LogP contribution is 2.40. The number of esters is 2. The summed E-state index contributed by atoms with van der Waals surface area (Å²) in [5, 5.41) is -2.09. The molecule has 1 aliphatic rings. The van der Waals surface area contributed by atoms with E-state index in [1.165, 1.54) is 13.8 Å². The molecule has 0 radical (unpaired) electrons.